The number of benzene rings is 3. The summed E-state index contributed by atoms with van der Waals surface area (Å²) in [6.07, 6.45) is 0. The van der Waals surface area contributed by atoms with Crippen molar-refractivity contribution in [3.8, 4) is 5.75 Å². The highest BCUT2D eigenvalue weighted by atomic mass is 35.5. The van der Waals surface area contributed by atoms with Gasteiger partial charge in [0.05, 0.1) is 19.8 Å². The summed E-state index contributed by atoms with van der Waals surface area (Å²) < 4.78 is 5.38. The van der Waals surface area contributed by atoms with Gasteiger partial charge in [-0.2, -0.15) is 0 Å². The standard InChI is InChI=1S/C23H20Cl2N2O2/c1-29-20-11-14(13-28)10-17(12-20)23-26-21(15-2-6-18(24)7-3-15)22(27-23)16-4-8-19(25)9-5-16/h2-12,21-22,28H,13H2,1H3,(H,26,27)/t21-,22+. The van der Waals surface area contributed by atoms with Crippen molar-refractivity contribution in [3.63, 3.8) is 0 Å². The Balaban J connectivity index is 1.76. The minimum absolute atomic E-state index is 0.0628. The van der Waals surface area contributed by atoms with Crippen LogP contribution in [0.5, 0.6) is 5.75 Å². The third-order valence-electron chi connectivity index (χ3n) is 4.97. The van der Waals surface area contributed by atoms with Gasteiger partial charge in [-0.15, -0.1) is 0 Å². The molecule has 4 nitrogen and oxygen atoms in total. The van der Waals surface area contributed by atoms with Crippen molar-refractivity contribution in [2.45, 2.75) is 18.7 Å². The number of methoxy groups -OCH3 is 1. The number of ether oxygens (including phenoxy) is 1. The second-order valence-corrected chi connectivity index (χ2v) is 7.75. The van der Waals surface area contributed by atoms with E-state index >= 15 is 0 Å². The lowest BCUT2D eigenvalue weighted by atomic mass is 9.95. The zero-order valence-corrected chi connectivity index (χ0v) is 17.3. The molecule has 1 aliphatic rings. The number of halogens is 2. The first-order valence-corrected chi connectivity index (χ1v) is 9.97. The van der Waals surface area contributed by atoms with E-state index < -0.39 is 0 Å². The number of hydrogen-bond donors (Lipinski definition) is 2. The summed E-state index contributed by atoms with van der Waals surface area (Å²) >= 11 is 12.2. The molecule has 0 aromatic heterocycles. The van der Waals surface area contributed by atoms with Gasteiger partial charge in [-0.25, -0.2) is 0 Å². The zero-order valence-electron chi connectivity index (χ0n) is 15.8. The molecule has 3 aromatic carbocycles. The Bertz CT molecular complexity index is 1010. The summed E-state index contributed by atoms with van der Waals surface area (Å²) in [6.45, 7) is -0.0707. The number of aliphatic hydroxyl groups excluding tert-OH is 1. The molecule has 0 radical (unpaired) electrons. The van der Waals surface area contributed by atoms with Crippen LogP contribution in [-0.2, 0) is 6.61 Å². The fraction of sp³-hybridized carbons (Fsp3) is 0.174. The van der Waals surface area contributed by atoms with Gasteiger partial charge in [-0.3, -0.25) is 4.99 Å². The maximum atomic E-state index is 9.60. The second kappa shape index (κ2) is 8.46. The molecule has 1 heterocycles. The molecule has 1 aliphatic heterocycles. The van der Waals surface area contributed by atoms with E-state index in [-0.39, 0.29) is 18.7 Å². The first kappa shape index (κ1) is 19.8. The minimum Gasteiger partial charge on any atom is -0.497 e. The van der Waals surface area contributed by atoms with Crippen LogP contribution in [0, 0.1) is 0 Å². The highest BCUT2D eigenvalue weighted by molar-refractivity contribution is 6.30. The number of aliphatic hydroxyl groups is 1. The highest BCUT2D eigenvalue weighted by Crippen LogP contribution is 2.38. The minimum atomic E-state index is -0.132. The van der Waals surface area contributed by atoms with Gasteiger partial charge in [0.1, 0.15) is 17.6 Å². The lowest BCUT2D eigenvalue weighted by Crippen LogP contribution is -2.25. The Morgan fingerprint density at radius 3 is 2.14 bits per heavy atom. The van der Waals surface area contributed by atoms with E-state index in [1.807, 2.05) is 66.7 Å². The van der Waals surface area contributed by atoms with Gasteiger partial charge < -0.3 is 15.2 Å². The molecule has 0 aliphatic carbocycles. The first-order chi connectivity index (χ1) is 14.1. The van der Waals surface area contributed by atoms with Crippen LogP contribution in [0.2, 0.25) is 10.0 Å². The molecule has 0 amide bonds. The maximum Gasteiger partial charge on any atom is 0.129 e. The van der Waals surface area contributed by atoms with Gasteiger partial charge in [0.15, 0.2) is 0 Å². The fourth-order valence-electron chi connectivity index (χ4n) is 3.50. The molecule has 0 bridgehead atoms. The SMILES string of the molecule is COc1cc(CO)cc(C2=N[C@H](c3ccc(Cl)cc3)[C@H](c3ccc(Cl)cc3)N2)c1. The van der Waals surface area contributed by atoms with Crippen molar-refractivity contribution < 1.29 is 9.84 Å². The molecule has 0 unspecified atom stereocenters. The topological polar surface area (TPSA) is 53.9 Å². The quantitative estimate of drug-likeness (QED) is 0.579. The molecule has 6 heteroatoms. The lowest BCUT2D eigenvalue weighted by Gasteiger charge is -2.20. The number of nitrogens with one attached hydrogen (secondary N) is 1. The van der Waals surface area contributed by atoms with E-state index in [0.29, 0.717) is 15.8 Å². The number of rotatable bonds is 5. The summed E-state index contributed by atoms with van der Waals surface area (Å²) in [5, 5.41) is 14.5. The first-order valence-electron chi connectivity index (χ1n) is 9.22. The average molecular weight is 427 g/mol. The number of hydrogen-bond acceptors (Lipinski definition) is 4. The summed E-state index contributed by atoms with van der Waals surface area (Å²) in [5.41, 5.74) is 3.77. The Kier molecular flexibility index (Phi) is 5.76. The number of nitrogens with zero attached hydrogens (tertiary/aromatic N) is 1. The molecule has 4 rings (SSSR count). The zero-order chi connectivity index (χ0) is 20.4. The third-order valence-corrected chi connectivity index (χ3v) is 5.48. The molecule has 0 saturated heterocycles. The Morgan fingerprint density at radius 1 is 0.931 bits per heavy atom. The molecular weight excluding hydrogens is 407 g/mol. The second-order valence-electron chi connectivity index (χ2n) is 6.88. The Hall–Kier alpha value is -2.53. The maximum absolute atomic E-state index is 9.60. The van der Waals surface area contributed by atoms with Gasteiger partial charge in [-0.05, 0) is 59.2 Å². The van der Waals surface area contributed by atoms with Crippen LogP contribution in [0.1, 0.15) is 34.3 Å². The van der Waals surface area contributed by atoms with E-state index in [1.165, 1.54) is 0 Å². The van der Waals surface area contributed by atoms with Crippen LogP contribution in [-0.4, -0.2) is 18.1 Å². The normalized spacial score (nSPS) is 18.3. The van der Waals surface area contributed by atoms with Crippen molar-refractivity contribution in [3.05, 3.63) is 99.0 Å². The van der Waals surface area contributed by atoms with Gasteiger partial charge in [0, 0.05) is 15.6 Å². The number of aliphatic imine (C=N–C) groups is 1. The molecule has 29 heavy (non-hydrogen) atoms. The van der Waals surface area contributed by atoms with Crippen LogP contribution in [0.4, 0.5) is 0 Å². The molecule has 0 saturated carbocycles. The molecule has 148 valence electrons. The van der Waals surface area contributed by atoms with Gasteiger partial charge >= 0.3 is 0 Å². The van der Waals surface area contributed by atoms with E-state index in [4.69, 9.17) is 32.9 Å². The predicted molar refractivity (Wildman–Crippen MR) is 117 cm³/mol. The van der Waals surface area contributed by atoms with E-state index in [0.717, 1.165) is 28.1 Å². The fourth-order valence-corrected chi connectivity index (χ4v) is 3.76. The molecule has 2 N–H and O–H groups in total. The van der Waals surface area contributed by atoms with Gasteiger partial charge in [0.2, 0.25) is 0 Å². The van der Waals surface area contributed by atoms with E-state index in [2.05, 4.69) is 5.32 Å². The van der Waals surface area contributed by atoms with Crippen LogP contribution >= 0.6 is 23.2 Å². The van der Waals surface area contributed by atoms with Crippen LogP contribution < -0.4 is 10.1 Å². The van der Waals surface area contributed by atoms with Crippen LogP contribution in [0.3, 0.4) is 0 Å². The predicted octanol–water partition coefficient (Wildman–Crippen LogP) is 5.33. The van der Waals surface area contributed by atoms with Gasteiger partial charge in [0.25, 0.3) is 0 Å². The van der Waals surface area contributed by atoms with Crippen LogP contribution in [0.15, 0.2) is 71.7 Å². The number of amidine groups is 1. The smallest absolute Gasteiger partial charge is 0.129 e. The van der Waals surface area contributed by atoms with Crippen molar-refractivity contribution >= 4 is 29.0 Å². The van der Waals surface area contributed by atoms with Crippen molar-refractivity contribution in [1.82, 2.24) is 5.32 Å². The van der Waals surface area contributed by atoms with Crippen LogP contribution in [0.25, 0.3) is 0 Å². The highest BCUT2D eigenvalue weighted by Gasteiger charge is 2.32. The van der Waals surface area contributed by atoms with E-state index in [1.54, 1.807) is 7.11 Å². The Labute approximate surface area is 179 Å². The summed E-state index contributed by atoms with van der Waals surface area (Å²) in [6, 6.07) is 21.0. The Morgan fingerprint density at radius 2 is 1.55 bits per heavy atom. The average Bonchev–Trinajstić information content (AvgIpc) is 3.20. The molecule has 3 aromatic rings. The van der Waals surface area contributed by atoms with Crippen molar-refractivity contribution in [2.75, 3.05) is 7.11 Å². The third kappa shape index (κ3) is 4.25. The van der Waals surface area contributed by atoms with Crippen molar-refractivity contribution in [1.29, 1.82) is 0 Å². The van der Waals surface area contributed by atoms with Crippen molar-refractivity contribution in [2.24, 2.45) is 4.99 Å². The molecule has 0 fully saturated rings. The molecule has 0 spiro atoms. The molecular formula is C23H20Cl2N2O2. The van der Waals surface area contributed by atoms with E-state index in [9.17, 15) is 5.11 Å². The summed E-state index contributed by atoms with van der Waals surface area (Å²) in [4.78, 5) is 4.98. The summed E-state index contributed by atoms with van der Waals surface area (Å²) in [7, 11) is 1.61. The largest absolute Gasteiger partial charge is 0.497 e. The summed E-state index contributed by atoms with van der Waals surface area (Å²) in [5.74, 6) is 1.42. The molecule has 2 atom stereocenters. The monoisotopic (exact) mass is 426 g/mol. The van der Waals surface area contributed by atoms with Gasteiger partial charge in [-0.1, -0.05) is 47.5 Å². The lowest BCUT2D eigenvalue weighted by molar-refractivity contribution is 0.281.